The number of nitrogens with zero attached hydrogens (tertiary/aromatic N) is 3. The molecule has 0 aromatic heterocycles. The fraction of sp³-hybridized carbons (Fsp3) is 0.545. The lowest BCUT2D eigenvalue weighted by atomic mass is 10.1. The Kier molecular flexibility index (Phi) is 14.5. The molecule has 0 bridgehead atoms. The van der Waals surface area contributed by atoms with Crippen LogP contribution in [-0.4, -0.2) is 81.0 Å². The van der Waals surface area contributed by atoms with Crippen molar-refractivity contribution >= 4 is 24.8 Å². The summed E-state index contributed by atoms with van der Waals surface area (Å²) in [4.78, 5) is 35.9. The number of nitrogens with one attached hydrogen (secondary N) is 2. The van der Waals surface area contributed by atoms with Gasteiger partial charge >= 0.3 is 0 Å². The molecule has 2 aromatic carbocycles. The van der Waals surface area contributed by atoms with Crippen LogP contribution in [0, 0.1) is 0 Å². The van der Waals surface area contributed by atoms with Crippen LogP contribution in [0.25, 0.3) is 0 Å². The van der Waals surface area contributed by atoms with Gasteiger partial charge in [-0.25, -0.2) is 5.01 Å². The topological polar surface area (TPSA) is 94.2 Å². The number of rotatable bonds is 11. The van der Waals surface area contributed by atoms with Crippen molar-refractivity contribution in [1.29, 1.82) is 0 Å². The number of hydrazine groups is 1. The summed E-state index contributed by atoms with van der Waals surface area (Å²) in [5, 5.41) is 4.73. The third-order valence-electron chi connectivity index (χ3n) is 8.01. The van der Waals surface area contributed by atoms with Crippen LogP contribution in [0.5, 0.6) is 0 Å². The van der Waals surface area contributed by atoms with Gasteiger partial charge < -0.3 is 19.7 Å². The Morgan fingerprint density at radius 2 is 1.64 bits per heavy atom. The standard InChI is InChI=1S/C27H35N5O3.C5H12.CH2O/c33-20-29-32-19-23-17-24(5-6-26(23)27(32)34)31-14-12-30(13-15-31)18-22-3-1-21(2-4-22)9-16-35-25-7-10-28-11-8-25;1-3-5-4-2;1-2/h1-6,17,20,25,28H,7-16,18-19H2,(H,29,33);3-5H2,1-2H3;1H2. The lowest BCUT2D eigenvalue weighted by Crippen LogP contribution is -2.46. The average molecular weight is 580 g/mol. The number of piperidine rings is 1. The molecule has 0 unspecified atom stereocenters. The molecule has 3 aliphatic rings. The van der Waals surface area contributed by atoms with Crippen LogP contribution in [0.4, 0.5) is 5.69 Å². The number of ether oxygens (including phenoxy) is 1. The highest BCUT2D eigenvalue weighted by Gasteiger charge is 2.28. The molecule has 2 amide bonds. The van der Waals surface area contributed by atoms with E-state index < -0.39 is 0 Å². The maximum Gasteiger partial charge on any atom is 0.272 e. The van der Waals surface area contributed by atoms with Crippen molar-refractivity contribution in [2.45, 2.75) is 71.6 Å². The van der Waals surface area contributed by atoms with E-state index in [-0.39, 0.29) is 5.91 Å². The molecule has 2 aromatic rings. The molecular weight excluding hydrogens is 530 g/mol. The lowest BCUT2D eigenvalue weighted by molar-refractivity contribution is -0.113. The normalized spacial score (nSPS) is 17.0. The summed E-state index contributed by atoms with van der Waals surface area (Å²) < 4.78 is 6.04. The first-order chi connectivity index (χ1) is 20.6. The Labute approximate surface area is 251 Å². The number of carbonyl (C=O) groups excluding carboxylic acids is 3. The van der Waals surface area contributed by atoms with Gasteiger partial charge in [0.05, 0.1) is 19.3 Å². The van der Waals surface area contributed by atoms with E-state index in [1.807, 2.05) is 18.9 Å². The molecule has 0 radical (unpaired) electrons. The van der Waals surface area contributed by atoms with Gasteiger partial charge in [0, 0.05) is 44.0 Å². The molecule has 9 heteroatoms. The lowest BCUT2D eigenvalue weighted by Gasteiger charge is -2.36. The SMILES string of the molecule is C=O.CCCCC.O=CNN1Cc2cc(N3CCN(Cc4ccc(CCOC5CCNCC5)cc4)CC3)ccc2C1=O. The Morgan fingerprint density at radius 1 is 0.976 bits per heavy atom. The van der Waals surface area contributed by atoms with E-state index in [2.05, 4.69) is 64.7 Å². The van der Waals surface area contributed by atoms with E-state index in [1.54, 1.807) is 0 Å². The van der Waals surface area contributed by atoms with Gasteiger partial charge in [0.15, 0.2) is 0 Å². The molecule has 0 atom stereocenters. The van der Waals surface area contributed by atoms with Crippen molar-refractivity contribution in [2.75, 3.05) is 50.8 Å². The molecule has 3 aliphatic heterocycles. The quantitative estimate of drug-likeness (QED) is 0.390. The van der Waals surface area contributed by atoms with Crippen LogP contribution < -0.4 is 15.6 Å². The molecule has 230 valence electrons. The van der Waals surface area contributed by atoms with Gasteiger partial charge in [-0.15, -0.1) is 0 Å². The molecule has 2 saturated heterocycles. The summed E-state index contributed by atoms with van der Waals surface area (Å²) in [6.07, 6.45) is 8.25. The van der Waals surface area contributed by atoms with E-state index in [0.29, 0.717) is 24.6 Å². The first-order valence-electron chi connectivity index (χ1n) is 15.4. The molecule has 0 saturated carbocycles. The number of hydrogen-bond donors (Lipinski definition) is 2. The fourth-order valence-electron chi connectivity index (χ4n) is 5.56. The number of hydrogen-bond acceptors (Lipinski definition) is 7. The summed E-state index contributed by atoms with van der Waals surface area (Å²) in [6.45, 7) is 14.7. The van der Waals surface area contributed by atoms with Crippen LogP contribution in [0.3, 0.4) is 0 Å². The molecule has 3 heterocycles. The van der Waals surface area contributed by atoms with Crippen molar-refractivity contribution in [3.63, 3.8) is 0 Å². The fourth-order valence-corrected chi connectivity index (χ4v) is 5.56. The van der Waals surface area contributed by atoms with Gasteiger partial charge in [-0.2, -0.15) is 0 Å². The zero-order valence-electron chi connectivity index (χ0n) is 25.5. The second-order valence-corrected chi connectivity index (χ2v) is 11.0. The van der Waals surface area contributed by atoms with Gasteiger partial charge in [-0.1, -0.05) is 57.4 Å². The Bertz CT molecular complexity index is 1080. The highest BCUT2D eigenvalue weighted by molar-refractivity contribution is 5.99. The molecule has 0 aliphatic carbocycles. The smallest absolute Gasteiger partial charge is 0.272 e. The van der Waals surface area contributed by atoms with Crippen molar-refractivity contribution < 1.29 is 19.1 Å². The maximum atomic E-state index is 12.3. The second-order valence-electron chi connectivity index (χ2n) is 11.0. The Balaban J connectivity index is 0.000000627. The predicted octanol–water partition coefficient (Wildman–Crippen LogP) is 3.95. The van der Waals surface area contributed by atoms with Crippen LogP contribution in [0.15, 0.2) is 42.5 Å². The number of carbonyl (C=O) groups is 3. The molecule has 2 fully saturated rings. The molecule has 5 rings (SSSR count). The molecule has 9 nitrogen and oxygen atoms in total. The highest BCUT2D eigenvalue weighted by atomic mass is 16.5. The number of benzene rings is 2. The van der Waals surface area contributed by atoms with Gasteiger partial charge in [0.1, 0.15) is 6.79 Å². The number of fused-ring (bicyclic) bond motifs is 1. The third kappa shape index (κ3) is 9.93. The van der Waals surface area contributed by atoms with Gasteiger partial charge in [0.25, 0.3) is 5.91 Å². The third-order valence-corrected chi connectivity index (χ3v) is 8.01. The minimum atomic E-state index is -0.149. The highest BCUT2D eigenvalue weighted by Crippen LogP contribution is 2.27. The molecule has 42 heavy (non-hydrogen) atoms. The van der Waals surface area contributed by atoms with Gasteiger partial charge in [0.2, 0.25) is 6.41 Å². The monoisotopic (exact) mass is 579 g/mol. The van der Waals surface area contributed by atoms with E-state index in [0.717, 1.165) is 82.9 Å². The summed E-state index contributed by atoms with van der Waals surface area (Å²) in [6, 6.07) is 15.0. The zero-order valence-corrected chi connectivity index (χ0v) is 25.5. The number of anilines is 1. The van der Waals surface area contributed by atoms with E-state index in [4.69, 9.17) is 9.53 Å². The van der Waals surface area contributed by atoms with E-state index in [9.17, 15) is 9.59 Å². The average Bonchev–Trinajstić information content (AvgIpc) is 3.35. The first kappa shape index (κ1) is 33.2. The van der Waals surface area contributed by atoms with Crippen molar-refractivity contribution in [2.24, 2.45) is 0 Å². The van der Waals surface area contributed by atoms with Crippen molar-refractivity contribution in [1.82, 2.24) is 20.7 Å². The molecular formula is C33H49N5O4. The summed E-state index contributed by atoms with van der Waals surface area (Å²) in [7, 11) is 0. The predicted molar refractivity (Wildman–Crippen MR) is 167 cm³/mol. The molecule has 0 spiro atoms. The van der Waals surface area contributed by atoms with Crippen LogP contribution in [0.1, 0.15) is 73.0 Å². The van der Waals surface area contributed by atoms with Gasteiger partial charge in [-0.3, -0.25) is 19.9 Å². The zero-order chi connectivity index (χ0) is 30.2. The number of unbranched alkanes of at least 4 members (excludes halogenated alkanes) is 2. The van der Waals surface area contributed by atoms with Crippen LogP contribution in [0.2, 0.25) is 0 Å². The minimum Gasteiger partial charge on any atom is -0.378 e. The van der Waals surface area contributed by atoms with Crippen molar-refractivity contribution in [3.05, 3.63) is 64.7 Å². The Hall–Kier alpha value is -3.27. The summed E-state index contributed by atoms with van der Waals surface area (Å²) in [5.74, 6) is -0.149. The summed E-state index contributed by atoms with van der Waals surface area (Å²) in [5.41, 5.74) is 7.93. The molecule has 2 N–H and O–H groups in total. The Morgan fingerprint density at radius 3 is 2.26 bits per heavy atom. The van der Waals surface area contributed by atoms with E-state index >= 15 is 0 Å². The largest absolute Gasteiger partial charge is 0.378 e. The van der Waals surface area contributed by atoms with Crippen molar-refractivity contribution in [3.8, 4) is 0 Å². The van der Waals surface area contributed by atoms with Crippen LogP contribution in [-0.2, 0) is 33.8 Å². The maximum absolute atomic E-state index is 12.3. The second kappa shape index (κ2) is 18.3. The van der Waals surface area contributed by atoms with Crippen LogP contribution >= 0.6 is 0 Å². The number of piperazine rings is 1. The summed E-state index contributed by atoms with van der Waals surface area (Å²) >= 11 is 0. The first-order valence-corrected chi connectivity index (χ1v) is 15.4. The van der Waals surface area contributed by atoms with E-state index in [1.165, 1.54) is 35.4 Å². The van der Waals surface area contributed by atoms with Gasteiger partial charge in [-0.05, 0) is 67.2 Å². The minimum absolute atomic E-state index is 0.149. The number of amides is 2.